The van der Waals surface area contributed by atoms with E-state index in [2.05, 4.69) is 34.4 Å². The Bertz CT molecular complexity index is 542. The molecule has 0 atom stereocenters. The number of nitrogens with one attached hydrogen (secondary N) is 2. The Balaban J connectivity index is 2.09. The maximum Gasteiger partial charge on any atom is 0.146 e. The van der Waals surface area contributed by atoms with Gasteiger partial charge in [-0.15, -0.1) is 0 Å². The van der Waals surface area contributed by atoms with Crippen LogP contribution in [-0.4, -0.2) is 16.5 Å². The Morgan fingerprint density at radius 1 is 1.16 bits per heavy atom. The van der Waals surface area contributed by atoms with Crippen molar-refractivity contribution in [2.45, 2.75) is 13.8 Å². The van der Waals surface area contributed by atoms with Gasteiger partial charge >= 0.3 is 0 Å². The summed E-state index contributed by atoms with van der Waals surface area (Å²) >= 11 is 0. The number of nitrogens with zero attached hydrogens (tertiary/aromatic N) is 2. The van der Waals surface area contributed by atoms with Gasteiger partial charge < -0.3 is 10.6 Å². The van der Waals surface area contributed by atoms with Gasteiger partial charge in [0.25, 0.3) is 0 Å². The van der Waals surface area contributed by atoms with E-state index in [0.717, 1.165) is 12.4 Å². The quantitative estimate of drug-likeness (QED) is 0.864. The van der Waals surface area contributed by atoms with E-state index >= 15 is 0 Å². The van der Waals surface area contributed by atoms with Crippen molar-refractivity contribution in [2.24, 2.45) is 5.92 Å². The number of anilines is 3. The van der Waals surface area contributed by atoms with Crippen LogP contribution in [0, 0.1) is 11.7 Å². The van der Waals surface area contributed by atoms with E-state index in [-0.39, 0.29) is 5.82 Å². The number of para-hydroxylation sites is 1. The lowest BCUT2D eigenvalue weighted by Crippen LogP contribution is -2.09. The molecule has 0 unspecified atom stereocenters. The van der Waals surface area contributed by atoms with Crippen LogP contribution in [0.1, 0.15) is 13.8 Å². The molecule has 0 aliphatic carbocycles. The summed E-state index contributed by atoms with van der Waals surface area (Å²) in [5, 5.41) is 6.13. The summed E-state index contributed by atoms with van der Waals surface area (Å²) in [7, 11) is 0. The van der Waals surface area contributed by atoms with Crippen molar-refractivity contribution in [3.8, 4) is 0 Å². The lowest BCUT2D eigenvalue weighted by Gasteiger charge is -2.10. The predicted molar refractivity (Wildman–Crippen MR) is 75.0 cm³/mol. The number of aromatic nitrogens is 2. The zero-order chi connectivity index (χ0) is 13.7. The number of hydrogen-bond donors (Lipinski definition) is 2. The lowest BCUT2D eigenvalue weighted by molar-refractivity contribution is 0.632. The number of halogens is 1. The molecule has 0 aliphatic rings. The molecule has 19 heavy (non-hydrogen) atoms. The number of benzene rings is 1. The number of rotatable bonds is 5. The molecule has 0 aliphatic heterocycles. The molecule has 0 radical (unpaired) electrons. The maximum absolute atomic E-state index is 13.5. The van der Waals surface area contributed by atoms with Crippen LogP contribution in [0.2, 0.25) is 0 Å². The Morgan fingerprint density at radius 3 is 2.63 bits per heavy atom. The predicted octanol–water partition coefficient (Wildman–Crippen LogP) is 3.43. The first-order valence-corrected chi connectivity index (χ1v) is 6.22. The minimum Gasteiger partial charge on any atom is -0.370 e. The third kappa shape index (κ3) is 3.91. The summed E-state index contributed by atoms with van der Waals surface area (Å²) < 4.78 is 13.5. The monoisotopic (exact) mass is 260 g/mol. The van der Waals surface area contributed by atoms with Crippen LogP contribution in [0.15, 0.2) is 36.7 Å². The molecule has 2 aromatic rings. The van der Waals surface area contributed by atoms with Crippen molar-refractivity contribution < 1.29 is 4.39 Å². The van der Waals surface area contributed by atoms with Crippen LogP contribution < -0.4 is 10.6 Å². The van der Waals surface area contributed by atoms with Crippen molar-refractivity contribution in [1.29, 1.82) is 0 Å². The Morgan fingerprint density at radius 2 is 1.89 bits per heavy atom. The molecule has 2 rings (SSSR count). The van der Waals surface area contributed by atoms with E-state index in [1.54, 1.807) is 24.3 Å². The molecule has 1 aromatic heterocycles. The summed E-state index contributed by atoms with van der Waals surface area (Å²) in [6.45, 7) is 5.07. The van der Waals surface area contributed by atoms with E-state index in [9.17, 15) is 4.39 Å². The number of hydrogen-bond acceptors (Lipinski definition) is 4. The van der Waals surface area contributed by atoms with Crippen molar-refractivity contribution in [2.75, 3.05) is 17.2 Å². The van der Waals surface area contributed by atoms with Crippen LogP contribution in [0.4, 0.5) is 21.7 Å². The van der Waals surface area contributed by atoms with Gasteiger partial charge in [0.05, 0.1) is 5.69 Å². The Labute approximate surface area is 112 Å². The van der Waals surface area contributed by atoms with Crippen LogP contribution in [0.3, 0.4) is 0 Å². The van der Waals surface area contributed by atoms with Gasteiger partial charge in [-0.2, -0.15) is 0 Å². The summed E-state index contributed by atoms with van der Waals surface area (Å²) in [6.07, 6.45) is 1.45. The second kappa shape index (κ2) is 6.13. The largest absolute Gasteiger partial charge is 0.370 e. The van der Waals surface area contributed by atoms with Gasteiger partial charge in [0, 0.05) is 12.6 Å². The van der Waals surface area contributed by atoms with Crippen LogP contribution >= 0.6 is 0 Å². The topological polar surface area (TPSA) is 49.8 Å². The molecule has 1 heterocycles. The van der Waals surface area contributed by atoms with E-state index in [4.69, 9.17) is 0 Å². The van der Waals surface area contributed by atoms with Gasteiger partial charge in [-0.25, -0.2) is 14.4 Å². The molecule has 0 fully saturated rings. The average molecular weight is 260 g/mol. The van der Waals surface area contributed by atoms with Gasteiger partial charge in [0.2, 0.25) is 0 Å². The molecule has 5 heteroatoms. The first-order chi connectivity index (χ1) is 9.15. The third-order valence-corrected chi connectivity index (χ3v) is 2.50. The molecule has 0 bridgehead atoms. The van der Waals surface area contributed by atoms with Crippen molar-refractivity contribution in [1.82, 2.24) is 9.97 Å². The fraction of sp³-hybridized carbons (Fsp3) is 0.286. The standard InChI is InChI=1S/C14H17FN4/c1-10(2)8-16-13-7-14(18-9-17-13)19-12-6-4-3-5-11(12)15/h3-7,9-10H,8H2,1-2H3,(H2,16,17,18,19). The van der Waals surface area contributed by atoms with E-state index in [1.165, 1.54) is 12.4 Å². The molecule has 0 saturated heterocycles. The minimum atomic E-state index is -0.308. The summed E-state index contributed by atoms with van der Waals surface area (Å²) in [6, 6.07) is 8.25. The zero-order valence-electron chi connectivity index (χ0n) is 11.0. The van der Waals surface area contributed by atoms with Gasteiger partial charge in [-0.1, -0.05) is 26.0 Å². The van der Waals surface area contributed by atoms with Gasteiger partial charge in [0.1, 0.15) is 23.8 Å². The van der Waals surface area contributed by atoms with Gasteiger partial charge in [-0.3, -0.25) is 0 Å². The smallest absolute Gasteiger partial charge is 0.146 e. The normalized spacial score (nSPS) is 10.5. The van der Waals surface area contributed by atoms with Gasteiger partial charge in [0.15, 0.2) is 0 Å². The highest BCUT2D eigenvalue weighted by Gasteiger charge is 2.03. The van der Waals surface area contributed by atoms with E-state index < -0.39 is 0 Å². The average Bonchev–Trinajstić information content (AvgIpc) is 2.40. The second-order valence-corrected chi connectivity index (χ2v) is 4.67. The highest BCUT2D eigenvalue weighted by Crippen LogP contribution is 2.19. The molecule has 2 N–H and O–H groups in total. The molecular weight excluding hydrogens is 243 g/mol. The molecule has 0 saturated carbocycles. The fourth-order valence-corrected chi connectivity index (χ4v) is 1.53. The van der Waals surface area contributed by atoms with Gasteiger partial charge in [-0.05, 0) is 18.1 Å². The summed E-state index contributed by atoms with van der Waals surface area (Å²) in [4.78, 5) is 8.19. The van der Waals surface area contributed by atoms with Crippen molar-refractivity contribution >= 4 is 17.3 Å². The summed E-state index contributed by atoms with van der Waals surface area (Å²) in [5.74, 6) is 1.50. The van der Waals surface area contributed by atoms with E-state index in [1.807, 2.05) is 0 Å². The van der Waals surface area contributed by atoms with E-state index in [0.29, 0.717) is 17.4 Å². The Hall–Kier alpha value is -2.17. The highest BCUT2D eigenvalue weighted by atomic mass is 19.1. The van der Waals surface area contributed by atoms with Crippen LogP contribution in [0.5, 0.6) is 0 Å². The first-order valence-electron chi connectivity index (χ1n) is 6.22. The first kappa shape index (κ1) is 13.3. The Kier molecular flexibility index (Phi) is 4.28. The fourth-order valence-electron chi connectivity index (χ4n) is 1.53. The molecule has 4 nitrogen and oxygen atoms in total. The molecule has 0 amide bonds. The zero-order valence-corrected chi connectivity index (χ0v) is 11.0. The molecule has 0 spiro atoms. The SMILES string of the molecule is CC(C)CNc1cc(Nc2ccccc2F)ncn1. The lowest BCUT2D eigenvalue weighted by atomic mass is 10.2. The highest BCUT2D eigenvalue weighted by molar-refractivity contribution is 5.59. The molecule has 1 aromatic carbocycles. The third-order valence-electron chi connectivity index (χ3n) is 2.50. The second-order valence-electron chi connectivity index (χ2n) is 4.67. The maximum atomic E-state index is 13.5. The summed E-state index contributed by atoms with van der Waals surface area (Å²) in [5.41, 5.74) is 0.399. The van der Waals surface area contributed by atoms with Crippen molar-refractivity contribution in [3.05, 3.63) is 42.5 Å². The minimum absolute atomic E-state index is 0.308. The molecule has 100 valence electrons. The van der Waals surface area contributed by atoms with Crippen LogP contribution in [0.25, 0.3) is 0 Å². The van der Waals surface area contributed by atoms with Crippen molar-refractivity contribution in [3.63, 3.8) is 0 Å². The van der Waals surface area contributed by atoms with Crippen LogP contribution in [-0.2, 0) is 0 Å². The molecular formula is C14H17FN4.